The Morgan fingerprint density at radius 3 is 2.50 bits per heavy atom. The molecule has 3 heteroatoms. The van der Waals surface area contributed by atoms with Gasteiger partial charge < -0.3 is 10.2 Å². The highest BCUT2D eigenvalue weighted by molar-refractivity contribution is 6.33. The molecule has 2 unspecified atom stereocenters. The minimum atomic E-state index is 0.504. The molecule has 1 aliphatic heterocycles. The van der Waals surface area contributed by atoms with Crippen LogP contribution in [0.3, 0.4) is 0 Å². The van der Waals surface area contributed by atoms with E-state index in [1.807, 2.05) is 6.07 Å². The molecule has 1 saturated heterocycles. The first-order valence-corrected chi connectivity index (χ1v) is 8.04. The third-order valence-corrected chi connectivity index (χ3v) is 4.69. The highest BCUT2D eigenvalue weighted by atomic mass is 35.5. The van der Waals surface area contributed by atoms with Crippen molar-refractivity contribution in [2.75, 3.05) is 18.0 Å². The maximum Gasteiger partial charge on any atom is 0.0639 e. The van der Waals surface area contributed by atoms with Crippen LogP contribution in [0.2, 0.25) is 5.02 Å². The van der Waals surface area contributed by atoms with Crippen molar-refractivity contribution in [1.29, 1.82) is 0 Å². The number of hydrogen-bond acceptors (Lipinski definition) is 2. The number of benzene rings is 1. The molecule has 1 fully saturated rings. The van der Waals surface area contributed by atoms with Crippen LogP contribution in [0.25, 0.3) is 0 Å². The predicted molar refractivity (Wildman–Crippen MR) is 88.8 cm³/mol. The lowest BCUT2D eigenvalue weighted by atomic mass is 9.93. The standard InChI is InChI=1S/C17H27ClN2/c1-11(2)15-10-20(17(9-19-15)12(3)4)16-8-13(5)6-7-14(16)18/h6-8,11-12,15,17,19H,9-10H2,1-5H3. The molecule has 2 atom stereocenters. The quantitative estimate of drug-likeness (QED) is 0.902. The van der Waals surface area contributed by atoms with Gasteiger partial charge in [0.15, 0.2) is 0 Å². The minimum absolute atomic E-state index is 0.504. The summed E-state index contributed by atoms with van der Waals surface area (Å²) in [7, 11) is 0. The summed E-state index contributed by atoms with van der Waals surface area (Å²) in [5.41, 5.74) is 2.46. The largest absolute Gasteiger partial charge is 0.364 e. The number of anilines is 1. The maximum atomic E-state index is 6.46. The van der Waals surface area contributed by atoms with Gasteiger partial charge >= 0.3 is 0 Å². The zero-order chi connectivity index (χ0) is 14.9. The first-order chi connectivity index (χ1) is 9.40. The van der Waals surface area contributed by atoms with Gasteiger partial charge in [-0.25, -0.2) is 0 Å². The molecule has 0 radical (unpaired) electrons. The number of nitrogens with zero attached hydrogens (tertiary/aromatic N) is 1. The Morgan fingerprint density at radius 2 is 1.90 bits per heavy atom. The molecule has 1 N–H and O–H groups in total. The van der Waals surface area contributed by atoms with E-state index in [-0.39, 0.29) is 0 Å². The van der Waals surface area contributed by atoms with Gasteiger partial charge in [-0.3, -0.25) is 0 Å². The molecule has 1 aromatic carbocycles. The minimum Gasteiger partial charge on any atom is -0.364 e. The Kier molecular flexibility index (Phi) is 4.98. The lowest BCUT2D eigenvalue weighted by Gasteiger charge is -2.45. The summed E-state index contributed by atoms with van der Waals surface area (Å²) < 4.78 is 0. The average molecular weight is 295 g/mol. The topological polar surface area (TPSA) is 15.3 Å². The fraction of sp³-hybridized carbons (Fsp3) is 0.647. The number of halogens is 1. The monoisotopic (exact) mass is 294 g/mol. The van der Waals surface area contributed by atoms with Gasteiger partial charge in [0.25, 0.3) is 0 Å². The number of aryl methyl sites for hydroxylation is 1. The second kappa shape index (κ2) is 6.36. The van der Waals surface area contributed by atoms with Crippen molar-refractivity contribution in [2.45, 2.75) is 46.7 Å². The van der Waals surface area contributed by atoms with Crippen LogP contribution in [0, 0.1) is 18.8 Å². The molecule has 0 aliphatic carbocycles. The van der Waals surface area contributed by atoms with E-state index in [2.05, 4.69) is 57.0 Å². The van der Waals surface area contributed by atoms with Gasteiger partial charge in [-0.2, -0.15) is 0 Å². The lowest BCUT2D eigenvalue weighted by Crippen LogP contribution is -2.60. The average Bonchev–Trinajstić information content (AvgIpc) is 2.40. The molecule has 2 nitrogen and oxygen atoms in total. The Labute approximate surface area is 128 Å². The SMILES string of the molecule is Cc1ccc(Cl)c(N2CC(C(C)C)NCC2C(C)C)c1. The molecule has 112 valence electrons. The van der Waals surface area contributed by atoms with Crippen LogP contribution in [-0.4, -0.2) is 25.2 Å². The van der Waals surface area contributed by atoms with E-state index in [4.69, 9.17) is 11.6 Å². The normalized spacial score (nSPS) is 23.7. The molecular weight excluding hydrogens is 268 g/mol. The number of hydrogen-bond donors (Lipinski definition) is 1. The van der Waals surface area contributed by atoms with Crippen molar-refractivity contribution >= 4 is 17.3 Å². The van der Waals surface area contributed by atoms with E-state index >= 15 is 0 Å². The Balaban J connectivity index is 2.33. The second-order valence-electron chi connectivity index (χ2n) is 6.68. The fourth-order valence-corrected chi connectivity index (χ4v) is 3.18. The summed E-state index contributed by atoms with van der Waals surface area (Å²) in [6.07, 6.45) is 0. The molecule has 0 aromatic heterocycles. The summed E-state index contributed by atoms with van der Waals surface area (Å²) >= 11 is 6.46. The molecule has 0 amide bonds. The van der Waals surface area contributed by atoms with Gasteiger partial charge in [0.1, 0.15) is 0 Å². The molecular formula is C17H27ClN2. The number of piperazine rings is 1. The second-order valence-corrected chi connectivity index (χ2v) is 7.08. The summed E-state index contributed by atoms with van der Waals surface area (Å²) in [5.74, 6) is 1.24. The van der Waals surface area contributed by atoms with Crippen molar-refractivity contribution in [2.24, 2.45) is 11.8 Å². The molecule has 1 aromatic rings. The van der Waals surface area contributed by atoms with E-state index in [1.165, 1.54) is 11.3 Å². The van der Waals surface area contributed by atoms with Crippen LogP contribution < -0.4 is 10.2 Å². The highest BCUT2D eigenvalue weighted by Gasteiger charge is 2.32. The van der Waals surface area contributed by atoms with Crippen LogP contribution in [0.5, 0.6) is 0 Å². The summed E-state index contributed by atoms with van der Waals surface area (Å²) in [6, 6.07) is 7.36. The maximum absolute atomic E-state index is 6.46. The van der Waals surface area contributed by atoms with Crippen molar-refractivity contribution in [3.05, 3.63) is 28.8 Å². The number of rotatable bonds is 3. The van der Waals surface area contributed by atoms with E-state index in [0.717, 1.165) is 18.1 Å². The summed E-state index contributed by atoms with van der Waals surface area (Å²) in [6.45, 7) is 13.3. The van der Waals surface area contributed by atoms with Gasteiger partial charge in [0.05, 0.1) is 10.7 Å². The third-order valence-electron chi connectivity index (χ3n) is 4.37. The van der Waals surface area contributed by atoms with Crippen LogP contribution in [0.4, 0.5) is 5.69 Å². The van der Waals surface area contributed by atoms with Gasteiger partial charge in [-0.1, -0.05) is 45.4 Å². The Bertz CT molecular complexity index is 456. The molecule has 0 spiro atoms. The third kappa shape index (κ3) is 3.29. The lowest BCUT2D eigenvalue weighted by molar-refractivity contribution is 0.295. The molecule has 0 bridgehead atoms. The molecule has 2 rings (SSSR count). The van der Waals surface area contributed by atoms with Crippen molar-refractivity contribution in [3.63, 3.8) is 0 Å². The van der Waals surface area contributed by atoms with Crippen molar-refractivity contribution in [3.8, 4) is 0 Å². The predicted octanol–water partition coefficient (Wildman–Crippen LogP) is 4.11. The van der Waals surface area contributed by atoms with Crippen LogP contribution in [-0.2, 0) is 0 Å². The van der Waals surface area contributed by atoms with E-state index in [0.29, 0.717) is 23.9 Å². The fourth-order valence-electron chi connectivity index (χ4n) is 2.96. The first kappa shape index (κ1) is 15.7. The summed E-state index contributed by atoms with van der Waals surface area (Å²) in [4.78, 5) is 2.52. The smallest absolute Gasteiger partial charge is 0.0639 e. The molecule has 1 aliphatic rings. The van der Waals surface area contributed by atoms with Gasteiger partial charge in [0, 0.05) is 25.2 Å². The summed E-state index contributed by atoms with van der Waals surface area (Å²) in [5, 5.41) is 4.57. The van der Waals surface area contributed by atoms with E-state index < -0.39 is 0 Å². The zero-order valence-electron chi connectivity index (χ0n) is 13.3. The van der Waals surface area contributed by atoms with Gasteiger partial charge in [-0.05, 0) is 36.5 Å². The van der Waals surface area contributed by atoms with Crippen LogP contribution >= 0.6 is 11.6 Å². The van der Waals surface area contributed by atoms with Crippen molar-refractivity contribution < 1.29 is 0 Å². The van der Waals surface area contributed by atoms with Crippen LogP contribution in [0.15, 0.2) is 18.2 Å². The Morgan fingerprint density at radius 1 is 1.20 bits per heavy atom. The van der Waals surface area contributed by atoms with Crippen molar-refractivity contribution in [1.82, 2.24) is 5.32 Å². The first-order valence-electron chi connectivity index (χ1n) is 7.66. The van der Waals surface area contributed by atoms with E-state index in [1.54, 1.807) is 0 Å². The molecule has 0 saturated carbocycles. The van der Waals surface area contributed by atoms with E-state index in [9.17, 15) is 0 Å². The Hall–Kier alpha value is -0.730. The van der Waals surface area contributed by atoms with Gasteiger partial charge in [0.2, 0.25) is 0 Å². The molecule has 1 heterocycles. The highest BCUT2D eigenvalue weighted by Crippen LogP contribution is 2.32. The van der Waals surface area contributed by atoms with Gasteiger partial charge in [-0.15, -0.1) is 0 Å². The van der Waals surface area contributed by atoms with Crippen LogP contribution in [0.1, 0.15) is 33.3 Å². The number of nitrogens with one attached hydrogen (secondary N) is 1. The zero-order valence-corrected chi connectivity index (χ0v) is 14.0. The molecule has 20 heavy (non-hydrogen) atoms.